The highest BCUT2D eigenvalue weighted by Gasteiger charge is 2.21. The number of amides is 2. The van der Waals surface area contributed by atoms with E-state index in [1.807, 2.05) is 0 Å². The van der Waals surface area contributed by atoms with Gasteiger partial charge in [0.05, 0.1) is 11.5 Å². The van der Waals surface area contributed by atoms with Crippen LogP contribution in [0.2, 0.25) is 0 Å². The lowest BCUT2D eigenvalue weighted by molar-refractivity contribution is -0.133. The van der Waals surface area contributed by atoms with Crippen LogP contribution in [0.1, 0.15) is 13.8 Å². The summed E-state index contributed by atoms with van der Waals surface area (Å²) in [5.74, 6) is -2.19. The van der Waals surface area contributed by atoms with E-state index in [1.54, 1.807) is 13.8 Å². The second-order valence-corrected chi connectivity index (χ2v) is 4.56. The summed E-state index contributed by atoms with van der Waals surface area (Å²) in [6, 6.07) is -0.710. The number of carbonyl (C=O) groups excluding carboxylic acids is 2. The monoisotopic (exact) mass is 248 g/mol. The Bertz CT molecular complexity index is 281. The van der Waals surface area contributed by atoms with Crippen molar-refractivity contribution in [3.8, 4) is 0 Å². The molecule has 0 bridgehead atoms. The first-order chi connectivity index (χ1) is 7.34. The van der Waals surface area contributed by atoms with Crippen LogP contribution in [-0.4, -0.2) is 40.4 Å². The van der Waals surface area contributed by atoms with Crippen LogP contribution in [0.3, 0.4) is 0 Å². The zero-order chi connectivity index (χ0) is 12.7. The standard InChI is InChI=1S/C9H16N2O4S/c1-5(2)8(9(10)15)11-6(12)3-16-4-7(13)14/h5,8H,3-4H2,1-2H3,(H2,10,15)(H,11,12)(H,13,14). The molecule has 0 saturated heterocycles. The van der Waals surface area contributed by atoms with Gasteiger partial charge in [-0.2, -0.15) is 0 Å². The van der Waals surface area contributed by atoms with Gasteiger partial charge in [0, 0.05) is 0 Å². The lowest BCUT2D eigenvalue weighted by Gasteiger charge is -2.18. The average Bonchev–Trinajstić information content (AvgIpc) is 2.12. The second kappa shape index (κ2) is 7.10. The van der Waals surface area contributed by atoms with E-state index in [9.17, 15) is 14.4 Å². The van der Waals surface area contributed by atoms with E-state index < -0.39 is 17.9 Å². The molecule has 2 amide bonds. The Morgan fingerprint density at radius 2 is 1.88 bits per heavy atom. The average molecular weight is 248 g/mol. The smallest absolute Gasteiger partial charge is 0.313 e. The van der Waals surface area contributed by atoms with Gasteiger partial charge < -0.3 is 16.2 Å². The van der Waals surface area contributed by atoms with Gasteiger partial charge >= 0.3 is 5.97 Å². The van der Waals surface area contributed by atoms with Crippen molar-refractivity contribution in [2.24, 2.45) is 11.7 Å². The van der Waals surface area contributed by atoms with Crippen LogP contribution in [0, 0.1) is 5.92 Å². The third-order valence-electron chi connectivity index (χ3n) is 1.75. The highest BCUT2D eigenvalue weighted by molar-refractivity contribution is 8.00. The highest BCUT2D eigenvalue weighted by Crippen LogP contribution is 2.03. The summed E-state index contributed by atoms with van der Waals surface area (Å²) in [6.45, 7) is 3.53. The molecule has 0 aromatic rings. The summed E-state index contributed by atoms with van der Waals surface area (Å²) in [5.41, 5.74) is 5.11. The van der Waals surface area contributed by atoms with E-state index >= 15 is 0 Å². The number of nitrogens with two attached hydrogens (primary N) is 1. The van der Waals surface area contributed by atoms with Crippen molar-refractivity contribution in [3.05, 3.63) is 0 Å². The predicted octanol–water partition coefficient (Wildman–Crippen LogP) is -0.570. The Kier molecular flexibility index (Phi) is 6.55. The Morgan fingerprint density at radius 3 is 2.25 bits per heavy atom. The van der Waals surface area contributed by atoms with Crippen LogP contribution in [0.15, 0.2) is 0 Å². The van der Waals surface area contributed by atoms with Crippen molar-refractivity contribution in [3.63, 3.8) is 0 Å². The molecule has 0 saturated carbocycles. The van der Waals surface area contributed by atoms with Gasteiger partial charge in [0.1, 0.15) is 6.04 Å². The fourth-order valence-electron chi connectivity index (χ4n) is 1.01. The largest absolute Gasteiger partial charge is 0.481 e. The molecule has 4 N–H and O–H groups in total. The summed E-state index contributed by atoms with van der Waals surface area (Å²) in [7, 11) is 0. The van der Waals surface area contributed by atoms with Crippen molar-refractivity contribution in [2.75, 3.05) is 11.5 Å². The summed E-state index contributed by atoms with van der Waals surface area (Å²) in [4.78, 5) is 32.5. The number of primary amides is 1. The molecule has 0 aliphatic heterocycles. The second-order valence-electron chi connectivity index (χ2n) is 3.58. The third-order valence-corrected chi connectivity index (χ3v) is 2.67. The minimum absolute atomic E-state index is 0.00278. The molecule has 1 atom stereocenters. The molecular formula is C9H16N2O4S. The number of hydrogen-bond donors (Lipinski definition) is 3. The Balaban J connectivity index is 4.01. The van der Waals surface area contributed by atoms with Gasteiger partial charge in [-0.15, -0.1) is 11.8 Å². The Morgan fingerprint density at radius 1 is 1.31 bits per heavy atom. The van der Waals surface area contributed by atoms with Gasteiger partial charge in [0.25, 0.3) is 0 Å². The lowest BCUT2D eigenvalue weighted by atomic mass is 10.0. The zero-order valence-corrected chi connectivity index (χ0v) is 10.0. The fraction of sp³-hybridized carbons (Fsp3) is 0.667. The van der Waals surface area contributed by atoms with Gasteiger partial charge in [0.15, 0.2) is 0 Å². The van der Waals surface area contributed by atoms with Gasteiger partial charge in [-0.3, -0.25) is 14.4 Å². The van der Waals surface area contributed by atoms with Gasteiger partial charge in [-0.25, -0.2) is 0 Å². The van der Waals surface area contributed by atoms with Gasteiger partial charge in [0.2, 0.25) is 11.8 Å². The molecule has 0 rings (SSSR count). The zero-order valence-electron chi connectivity index (χ0n) is 9.23. The molecule has 0 radical (unpaired) electrons. The number of aliphatic carboxylic acids is 1. The first-order valence-corrected chi connectivity index (χ1v) is 5.88. The number of carboxylic acid groups (broad SMARTS) is 1. The lowest BCUT2D eigenvalue weighted by Crippen LogP contribution is -2.48. The highest BCUT2D eigenvalue weighted by atomic mass is 32.2. The minimum Gasteiger partial charge on any atom is -0.481 e. The molecule has 0 aliphatic rings. The van der Waals surface area contributed by atoms with E-state index in [0.717, 1.165) is 11.8 Å². The van der Waals surface area contributed by atoms with E-state index in [1.165, 1.54) is 0 Å². The maximum absolute atomic E-state index is 11.3. The van der Waals surface area contributed by atoms with Gasteiger partial charge in [-0.1, -0.05) is 13.8 Å². The first kappa shape index (κ1) is 14.8. The quantitative estimate of drug-likeness (QED) is 0.559. The summed E-state index contributed by atoms with van der Waals surface area (Å²) in [6.07, 6.45) is 0. The van der Waals surface area contributed by atoms with Crippen LogP contribution in [-0.2, 0) is 14.4 Å². The number of hydrogen-bond acceptors (Lipinski definition) is 4. The van der Waals surface area contributed by atoms with Crippen LogP contribution in [0.5, 0.6) is 0 Å². The Hall–Kier alpha value is -1.24. The van der Waals surface area contributed by atoms with Crippen molar-refractivity contribution in [2.45, 2.75) is 19.9 Å². The minimum atomic E-state index is -0.979. The summed E-state index contributed by atoms with van der Waals surface area (Å²) >= 11 is 0.971. The molecule has 0 heterocycles. The third kappa shape index (κ3) is 6.28. The molecule has 6 nitrogen and oxygen atoms in total. The van der Waals surface area contributed by atoms with Crippen LogP contribution < -0.4 is 11.1 Å². The summed E-state index contributed by atoms with van der Waals surface area (Å²) < 4.78 is 0. The molecule has 7 heteroatoms. The van der Waals surface area contributed by atoms with Crippen molar-refractivity contribution in [1.82, 2.24) is 5.32 Å². The van der Waals surface area contributed by atoms with Crippen molar-refractivity contribution >= 4 is 29.5 Å². The fourth-order valence-corrected chi connectivity index (χ4v) is 1.56. The molecule has 0 aromatic heterocycles. The van der Waals surface area contributed by atoms with Crippen molar-refractivity contribution < 1.29 is 19.5 Å². The maximum Gasteiger partial charge on any atom is 0.313 e. The van der Waals surface area contributed by atoms with E-state index in [0.29, 0.717) is 0 Å². The molecule has 0 fully saturated rings. The molecule has 0 spiro atoms. The Labute approximate surface area is 98.0 Å². The number of nitrogens with one attached hydrogen (secondary N) is 1. The SMILES string of the molecule is CC(C)C(NC(=O)CSCC(=O)O)C(N)=O. The predicted molar refractivity (Wildman–Crippen MR) is 60.9 cm³/mol. The van der Waals surface area contributed by atoms with Crippen LogP contribution in [0.25, 0.3) is 0 Å². The number of rotatable bonds is 7. The molecular weight excluding hydrogens is 232 g/mol. The molecule has 16 heavy (non-hydrogen) atoms. The van der Waals surface area contributed by atoms with E-state index in [2.05, 4.69) is 5.32 Å². The van der Waals surface area contributed by atoms with Crippen LogP contribution in [0.4, 0.5) is 0 Å². The van der Waals surface area contributed by atoms with Crippen molar-refractivity contribution in [1.29, 1.82) is 0 Å². The molecule has 0 aliphatic carbocycles. The number of carbonyl (C=O) groups is 3. The first-order valence-electron chi connectivity index (χ1n) is 4.72. The topological polar surface area (TPSA) is 109 Å². The molecule has 1 unspecified atom stereocenters. The number of carboxylic acids is 1. The van der Waals surface area contributed by atoms with E-state index in [4.69, 9.17) is 10.8 Å². The summed E-state index contributed by atoms with van der Waals surface area (Å²) in [5, 5.41) is 10.8. The van der Waals surface area contributed by atoms with E-state index in [-0.39, 0.29) is 23.3 Å². The number of thioether (sulfide) groups is 1. The maximum atomic E-state index is 11.3. The molecule has 92 valence electrons. The molecule has 0 aromatic carbocycles. The van der Waals surface area contributed by atoms with Gasteiger partial charge in [-0.05, 0) is 5.92 Å². The normalized spacial score (nSPS) is 12.2. The van der Waals surface area contributed by atoms with Crippen LogP contribution >= 0.6 is 11.8 Å².